The van der Waals surface area contributed by atoms with Gasteiger partial charge in [-0.1, -0.05) is 49.4 Å². The third-order valence-corrected chi connectivity index (χ3v) is 4.63. The molecular formula is C15H16O2S. The SMILES string of the molecule is CCc1ccccc1CS(=O)(=O)c1ccccc1. The van der Waals surface area contributed by atoms with E-state index in [-0.39, 0.29) is 5.75 Å². The molecule has 0 aliphatic rings. The highest BCUT2D eigenvalue weighted by Gasteiger charge is 2.16. The number of benzene rings is 2. The molecule has 0 saturated carbocycles. The van der Waals surface area contributed by atoms with Crippen molar-refractivity contribution < 1.29 is 8.42 Å². The summed E-state index contributed by atoms with van der Waals surface area (Å²) in [5.74, 6) is 0.0705. The van der Waals surface area contributed by atoms with Crippen LogP contribution in [0.2, 0.25) is 0 Å². The van der Waals surface area contributed by atoms with Gasteiger partial charge in [0.2, 0.25) is 0 Å². The van der Waals surface area contributed by atoms with E-state index in [2.05, 4.69) is 0 Å². The van der Waals surface area contributed by atoms with Gasteiger partial charge in [-0.25, -0.2) is 8.42 Å². The van der Waals surface area contributed by atoms with Crippen molar-refractivity contribution in [2.75, 3.05) is 0 Å². The van der Waals surface area contributed by atoms with Gasteiger partial charge in [0.05, 0.1) is 10.6 Å². The Bertz CT molecular complexity index is 616. The van der Waals surface area contributed by atoms with Gasteiger partial charge in [-0.05, 0) is 29.7 Å². The van der Waals surface area contributed by atoms with Gasteiger partial charge in [-0.15, -0.1) is 0 Å². The van der Waals surface area contributed by atoms with Gasteiger partial charge in [-0.2, -0.15) is 0 Å². The van der Waals surface area contributed by atoms with E-state index >= 15 is 0 Å². The first kappa shape index (κ1) is 12.8. The first-order chi connectivity index (χ1) is 8.63. The third-order valence-electron chi connectivity index (χ3n) is 2.95. The number of hydrogen-bond acceptors (Lipinski definition) is 2. The predicted octanol–water partition coefficient (Wildman–Crippen LogP) is 3.22. The van der Waals surface area contributed by atoms with Gasteiger partial charge < -0.3 is 0 Å². The molecule has 0 aliphatic carbocycles. The zero-order valence-electron chi connectivity index (χ0n) is 10.3. The lowest BCUT2D eigenvalue weighted by molar-refractivity contribution is 0.595. The van der Waals surface area contributed by atoms with Gasteiger partial charge >= 0.3 is 0 Å². The number of rotatable bonds is 4. The van der Waals surface area contributed by atoms with Crippen molar-refractivity contribution in [1.82, 2.24) is 0 Å². The summed E-state index contributed by atoms with van der Waals surface area (Å²) in [5, 5.41) is 0. The van der Waals surface area contributed by atoms with Crippen LogP contribution in [0.1, 0.15) is 18.1 Å². The minimum atomic E-state index is -3.25. The summed E-state index contributed by atoms with van der Waals surface area (Å²) in [5.41, 5.74) is 1.99. The fourth-order valence-electron chi connectivity index (χ4n) is 1.96. The minimum absolute atomic E-state index is 0.0705. The molecule has 0 bridgehead atoms. The zero-order chi connectivity index (χ0) is 13.0. The Morgan fingerprint density at radius 3 is 2.00 bits per heavy atom. The van der Waals surface area contributed by atoms with Crippen molar-refractivity contribution >= 4 is 9.84 Å². The second-order valence-electron chi connectivity index (χ2n) is 4.19. The highest BCUT2D eigenvalue weighted by molar-refractivity contribution is 7.90. The Morgan fingerprint density at radius 1 is 0.833 bits per heavy atom. The molecule has 0 radical (unpaired) electrons. The molecule has 3 heteroatoms. The quantitative estimate of drug-likeness (QED) is 0.846. The number of sulfone groups is 1. The number of aryl methyl sites for hydroxylation is 1. The van der Waals surface area contributed by atoms with Crippen molar-refractivity contribution in [1.29, 1.82) is 0 Å². The van der Waals surface area contributed by atoms with Crippen LogP contribution in [0.15, 0.2) is 59.5 Å². The molecule has 2 rings (SSSR count). The molecule has 18 heavy (non-hydrogen) atoms. The molecule has 0 aliphatic heterocycles. The van der Waals surface area contributed by atoms with Gasteiger partial charge in [0, 0.05) is 0 Å². The smallest absolute Gasteiger partial charge is 0.182 e. The average Bonchev–Trinajstić information content (AvgIpc) is 2.40. The van der Waals surface area contributed by atoms with Gasteiger partial charge in [0.15, 0.2) is 9.84 Å². The maximum Gasteiger partial charge on any atom is 0.182 e. The molecular weight excluding hydrogens is 244 g/mol. The lowest BCUT2D eigenvalue weighted by Gasteiger charge is -2.08. The number of hydrogen-bond donors (Lipinski definition) is 0. The van der Waals surface area contributed by atoms with Gasteiger partial charge in [-0.3, -0.25) is 0 Å². The van der Waals surface area contributed by atoms with Crippen LogP contribution in [0.3, 0.4) is 0 Å². The molecule has 0 fully saturated rings. The molecule has 94 valence electrons. The fourth-order valence-corrected chi connectivity index (χ4v) is 3.39. The molecule has 2 aromatic rings. The van der Waals surface area contributed by atoms with Crippen molar-refractivity contribution in [3.8, 4) is 0 Å². The minimum Gasteiger partial charge on any atom is -0.223 e. The molecule has 2 aromatic carbocycles. The highest BCUT2D eigenvalue weighted by Crippen LogP contribution is 2.19. The molecule has 2 nitrogen and oxygen atoms in total. The summed E-state index contributed by atoms with van der Waals surface area (Å²) in [4.78, 5) is 0.385. The van der Waals surface area contributed by atoms with E-state index in [1.54, 1.807) is 24.3 Å². The first-order valence-electron chi connectivity index (χ1n) is 5.98. The fraction of sp³-hybridized carbons (Fsp3) is 0.200. The van der Waals surface area contributed by atoms with Crippen molar-refractivity contribution in [2.45, 2.75) is 24.0 Å². The Morgan fingerprint density at radius 2 is 1.39 bits per heavy atom. The normalized spacial score (nSPS) is 11.4. The molecule has 0 saturated heterocycles. The van der Waals surface area contributed by atoms with E-state index < -0.39 is 9.84 Å². The highest BCUT2D eigenvalue weighted by atomic mass is 32.2. The van der Waals surface area contributed by atoms with Crippen LogP contribution in [0, 0.1) is 0 Å². The van der Waals surface area contributed by atoms with Crippen molar-refractivity contribution in [2.24, 2.45) is 0 Å². The Kier molecular flexibility index (Phi) is 3.82. The molecule has 0 atom stereocenters. The monoisotopic (exact) mass is 260 g/mol. The predicted molar refractivity (Wildman–Crippen MR) is 73.2 cm³/mol. The van der Waals surface area contributed by atoms with E-state index in [9.17, 15) is 8.42 Å². The zero-order valence-corrected chi connectivity index (χ0v) is 11.2. The summed E-state index contributed by atoms with van der Waals surface area (Å²) in [6, 6.07) is 16.3. The molecule has 0 unspecified atom stereocenters. The van der Waals surface area contributed by atoms with Gasteiger partial charge in [0.1, 0.15) is 0 Å². The van der Waals surface area contributed by atoms with Crippen LogP contribution in [-0.4, -0.2) is 8.42 Å². The summed E-state index contributed by atoms with van der Waals surface area (Å²) in [6.45, 7) is 2.04. The Labute approximate surface area is 108 Å². The lowest BCUT2D eigenvalue weighted by atomic mass is 10.1. The van der Waals surface area contributed by atoms with Crippen LogP contribution in [0.25, 0.3) is 0 Å². The van der Waals surface area contributed by atoms with Crippen LogP contribution in [0.4, 0.5) is 0 Å². The molecule has 0 aromatic heterocycles. The molecule has 0 heterocycles. The topological polar surface area (TPSA) is 34.1 Å². The third kappa shape index (κ3) is 2.79. The standard InChI is InChI=1S/C15H16O2S/c1-2-13-8-6-7-9-14(13)12-18(16,17)15-10-4-3-5-11-15/h3-11H,2,12H2,1H3. The summed E-state index contributed by atoms with van der Waals surface area (Å²) < 4.78 is 24.5. The maximum absolute atomic E-state index is 12.3. The van der Waals surface area contributed by atoms with Crippen LogP contribution >= 0.6 is 0 Å². The largest absolute Gasteiger partial charge is 0.223 e. The summed E-state index contributed by atoms with van der Waals surface area (Å²) >= 11 is 0. The summed E-state index contributed by atoms with van der Waals surface area (Å²) in [6.07, 6.45) is 0.848. The second kappa shape index (κ2) is 5.36. The van der Waals surface area contributed by atoms with Crippen molar-refractivity contribution in [3.63, 3.8) is 0 Å². The van der Waals surface area contributed by atoms with E-state index in [1.807, 2.05) is 37.3 Å². The first-order valence-corrected chi connectivity index (χ1v) is 7.63. The van der Waals surface area contributed by atoms with E-state index in [1.165, 1.54) is 0 Å². The molecule has 0 amide bonds. The van der Waals surface area contributed by atoms with Crippen LogP contribution < -0.4 is 0 Å². The maximum atomic E-state index is 12.3. The van der Waals surface area contributed by atoms with Gasteiger partial charge in [0.25, 0.3) is 0 Å². The molecule has 0 spiro atoms. The van der Waals surface area contributed by atoms with Crippen molar-refractivity contribution in [3.05, 3.63) is 65.7 Å². The van der Waals surface area contributed by atoms with E-state index in [0.717, 1.165) is 17.5 Å². The Hall–Kier alpha value is -1.61. The Balaban J connectivity index is 2.34. The van der Waals surface area contributed by atoms with Crippen LogP contribution in [0.5, 0.6) is 0 Å². The average molecular weight is 260 g/mol. The van der Waals surface area contributed by atoms with E-state index in [0.29, 0.717) is 4.90 Å². The summed E-state index contributed by atoms with van der Waals surface area (Å²) in [7, 11) is -3.25. The van der Waals surface area contributed by atoms with E-state index in [4.69, 9.17) is 0 Å². The lowest BCUT2D eigenvalue weighted by Crippen LogP contribution is -2.06. The van der Waals surface area contributed by atoms with Crippen LogP contribution in [-0.2, 0) is 22.0 Å². The second-order valence-corrected chi connectivity index (χ2v) is 6.18. The molecule has 0 N–H and O–H groups in total.